The van der Waals surface area contributed by atoms with Gasteiger partial charge in [-0.25, -0.2) is 0 Å². The molecule has 0 saturated carbocycles. The van der Waals surface area contributed by atoms with Gasteiger partial charge >= 0.3 is 0 Å². The molecule has 3 heteroatoms. The highest BCUT2D eigenvalue weighted by Crippen LogP contribution is 2.27. The van der Waals surface area contributed by atoms with E-state index in [4.69, 9.17) is 4.74 Å². The summed E-state index contributed by atoms with van der Waals surface area (Å²) in [7, 11) is 0. The fraction of sp³-hybridized carbons (Fsp3) is 0.227. The largest absolute Gasteiger partial charge is 0.480 e. The maximum absolute atomic E-state index is 12.7. The average Bonchev–Trinajstić information content (AvgIpc) is 2.63. The fourth-order valence-corrected chi connectivity index (χ4v) is 2.87. The van der Waals surface area contributed by atoms with Gasteiger partial charge in [0.05, 0.1) is 0 Å². The maximum atomic E-state index is 12.7. The predicted molar refractivity (Wildman–Crippen MR) is 103 cm³/mol. The Morgan fingerprint density at radius 3 is 2.52 bits per heavy atom. The highest BCUT2D eigenvalue weighted by molar-refractivity contribution is 5.96. The number of benzene rings is 3. The van der Waals surface area contributed by atoms with Gasteiger partial charge in [0.15, 0.2) is 6.10 Å². The molecule has 3 nitrogen and oxygen atoms in total. The molecule has 0 fully saturated rings. The van der Waals surface area contributed by atoms with Crippen LogP contribution in [0.4, 0.5) is 5.69 Å². The van der Waals surface area contributed by atoms with Crippen LogP contribution in [0, 0.1) is 13.8 Å². The summed E-state index contributed by atoms with van der Waals surface area (Å²) in [5.41, 5.74) is 3.07. The van der Waals surface area contributed by atoms with E-state index in [0.717, 1.165) is 33.3 Å². The molecule has 1 atom stereocenters. The maximum Gasteiger partial charge on any atom is 0.265 e. The molecule has 0 spiro atoms. The number of fused-ring (bicyclic) bond motifs is 1. The molecule has 128 valence electrons. The summed E-state index contributed by atoms with van der Waals surface area (Å²) in [5.74, 6) is 0.616. The van der Waals surface area contributed by atoms with Crippen LogP contribution in [-0.2, 0) is 4.79 Å². The van der Waals surface area contributed by atoms with Gasteiger partial charge in [0.1, 0.15) is 5.75 Å². The first-order valence-corrected chi connectivity index (χ1v) is 8.61. The molecule has 0 aliphatic carbocycles. The molecule has 0 aromatic heterocycles. The molecular weight excluding hydrogens is 310 g/mol. The van der Waals surface area contributed by atoms with E-state index >= 15 is 0 Å². The number of carbonyl (C=O) groups is 1. The van der Waals surface area contributed by atoms with Gasteiger partial charge in [0.2, 0.25) is 0 Å². The second-order valence-corrected chi connectivity index (χ2v) is 6.23. The second-order valence-electron chi connectivity index (χ2n) is 6.23. The molecule has 0 heterocycles. The smallest absolute Gasteiger partial charge is 0.265 e. The summed E-state index contributed by atoms with van der Waals surface area (Å²) in [6.07, 6.45) is 0.0608. The van der Waals surface area contributed by atoms with E-state index in [0.29, 0.717) is 6.42 Å². The van der Waals surface area contributed by atoms with Crippen molar-refractivity contribution in [3.8, 4) is 5.75 Å². The number of anilines is 1. The number of nitrogens with one attached hydrogen (secondary N) is 1. The van der Waals surface area contributed by atoms with Gasteiger partial charge in [0, 0.05) is 11.1 Å². The first kappa shape index (κ1) is 17.0. The molecule has 1 N–H and O–H groups in total. The molecule has 3 rings (SSSR count). The van der Waals surface area contributed by atoms with Crippen molar-refractivity contribution in [1.29, 1.82) is 0 Å². The lowest BCUT2D eigenvalue weighted by Crippen LogP contribution is -2.32. The van der Waals surface area contributed by atoms with Crippen LogP contribution >= 0.6 is 0 Å². The van der Waals surface area contributed by atoms with E-state index in [1.165, 1.54) is 0 Å². The third-order valence-electron chi connectivity index (χ3n) is 4.54. The van der Waals surface area contributed by atoms with Crippen molar-refractivity contribution in [3.63, 3.8) is 0 Å². The first-order valence-electron chi connectivity index (χ1n) is 8.61. The lowest BCUT2D eigenvalue weighted by atomic mass is 10.1. The molecule has 0 aliphatic heterocycles. The Morgan fingerprint density at radius 2 is 1.72 bits per heavy atom. The number of aryl methyl sites for hydroxylation is 1. The van der Waals surface area contributed by atoms with E-state index in [9.17, 15) is 4.79 Å². The van der Waals surface area contributed by atoms with Crippen molar-refractivity contribution in [2.75, 3.05) is 5.32 Å². The van der Waals surface area contributed by atoms with Crippen molar-refractivity contribution in [3.05, 3.63) is 71.8 Å². The number of carbonyl (C=O) groups excluding carboxylic acids is 1. The van der Waals surface area contributed by atoms with Gasteiger partial charge < -0.3 is 10.1 Å². The van der Waals surface area contributed by atoms with E-state index in [1.54, 1.807) is 0 Å². The van der Waals surface area contributed by atoms with Gasteiger partial charge in [-0.1, -0.05) is 55.5 Å². The standard InChI is InChI=1S/C22H23NO2/c1-4-20(22(24)23-19-13-7-9-15(2)16(19)3)25-21-14-8-11-17-10-5-6-12-18(17)21/h5-14,20H,4H2,1-3H3,(H,23,24). The van der Waals surface area contributed by atoms with Crippen LogP contribution in [-0.4, -0.2) is 12.0 Å². The van der Waals surface area contributed by atoms with Gasteiger partial charge in [-0.15, -0.1) is 0 Å². The van der Waals surface area contributed by atoms with E-state index in [1.807, 2.05) is 81.4 Å². The van der Waals surface area contributed by atoms with Crippen molar-refractivity contribution in [2.24, 2.45) is 0 Å². The molecule has 0 radical (unpaired) electrons. The van der Waals surface area contributed by atoms with Crippen LogP contribution in [0.3, 0.4) is 0 Å². The van der Waals surface area contributed by atoms with Gasteiger partial charge in [-0.3, -0.25) is 4.79 Å². The van der Waals surface area contributed by atoms with Crippen LogP contribution in [0.5, 0.6) is 5.75 Å². The molecular formula is C22H23NO2. The number of ether oxygens (including phenoxy) is 1. The minimum Gasteiger partial charge on any atom is -0.480 e. The van der Waals surface area contributed by atoms with Crippen LogP contribution in [0.25, 0.3) is 10.8 Å². The molecule has 3 aromatic carbocycles. The molecule has 0 aliphatic rings. The van der Waals surface area contributed by atoms with E-state index in [2.05, 4.69) is 5.32 Å². The minimum atomic E-state index is -0.536. The Labute approximate surface area is 148 Å². The number of amides is 1. The third kappa shape index (κ3) is 3.66. The molecule has 1 amide bonds. The highest BCUT2D eigenvalue weighted by atomic mass is 16.5. The summed E-state index contributed by atoms with van der Waals surface area (Å²) < 4.78 is 6.07. The van der Waals surface area contributed by atoms with E-state index < -0.39 is 6.10 Å². The highest BCUT2D eigenvalue weighted by Gasteiger charge is 2.20. The topological polar surface area (TPSA) is 38.3 Å². The van der Waals surface area contributed by atoms with E-state index in [-0.39, 0.29) is 5.91 Å². The fourth-order valence-electron chi connectivity index (χ4n) is 2.87. The van der Waals surface area contributed by atoms with Crippen LogP contribution in [0.15, 0.2) is 60.7 Å². The Hall–Kier alpha value is -2.81. The number of rotatable bonds is 5. The molecule has 0 bridgehead atoms. The molecule has 0 saturated heterocycles. The SMILES string of the molecule is CCC(Oc1cccc2ccccc12)C(=O)Nc1cccc(C)c1C. The van der Waals surface area contributed by atoms with Gasteiger partial charge in [-0.2, -0.15) is 0 Å². The summed E-state index contributed by atoms with van der Waals surface area (Å²) in [6.45, 7) is 6.00. The molecule has 1 unspecified atom stereocenters. The predicted octanol–water partition coefficient (Wildman–Crippen LogP) is 5.25. The minimum absolute atomic E-state index is 0.121. The van der Waals surface area contributed by atoms with Crippen molar-refractivity contribution in [2.45, 2.75) is 33.3 Å². The summed E-state index contributed by atoms with van der Waals surface area (Å²) >= 11 is 0. The van der Waals surface area contributed by atoms with Gasteiger partial charge in [0.25, 0.3) is 5.91 Å². The lowest BCUT2D eigenvalue weighted by Gasteiger charge is -2.19. The molecule has 25 heavy (non-hydrogen) atoms. The zero-order valence-electron chi connectivity index (χ0n) is 14.9. The lowest BCUT2D eigenvalue weighted by molar-refractivity contribution is -0.122. The Balaban J connectivity index is 1.82. The van der Waals surface area contributed by atoms with Crippen molar-refractivity contribution < 1.29 is 9.53 Å². The Kier molecular flexibility index (Phi) is 5.03. The zero-order valence-corrected chi connectivity index (χ0v) is 14.9. The summed E-state index contributed by atoms with van der Waals surface area (Å²) in [5, 5.41) is 5.12. The zero-order chi connectivity index (χ0) is 17.8. The average molecular weight is 333 g/mol. The second kappa shape index (κ2) is 7.39. The molecule has 3 aromatic rings. The Morgan fingerprint density at radius 1 is 1.00 bits per heavy atom. The third-order valence-corrected chi connectivity index (χ3v) is 4.54. The van der Waals surface area contributed by atoms with Crippen LogP contribution in [0.1, 0.15) is 24.5 Å². The Bertz CT molecular complexity index is 896. The van der Waals surface area contributed by atoms with Gasteiger partial charge in [-0.05, 0) is 48.9 Å². The van der Waals surface area contributed by atoms with Crippen LogP contribution in [0.2, 0.25) is 0 Å². The normalized spacial score (nSPS) is 12.0. The van der Waals surface area contributed by atoms with Crippen molar-refractivity contribution >= 4 is 22.4 Å². The van der Waals surface area contributed by atoms with Crippen LogP contribution < -0.4 is 10.1 Å². The first-order chi connectivity index (χ1) is 12.1. The summed E-state index contributed by atoms with van der Waals surface area (Å²) in [4.78, 5) is 12.7. The monoisotopic (exact) mass is 333 g/mol. The van der Waals surface area contributed by atoms with Crippen molar-refractivity contribution in [1.82, 2.24) is 0 Å². The number of hydrogen-bond donors (Lipinski definition) is 1. The number of hydrogen-bond acceptors (Lipinski definition) is 2. The summed E-state index contributed by atoms with van der Waals surface area (Å²) in [6, 6.07) is 19.8. The quantitative estimate of drug-likeness (QED) is 0.692.